The minimum absolute atomic E-state index is 0. The molecule has 0 heterocycles. The summed E-state index contributed by atoms with van der Waals surface area (Å²) in [7, 11) is 0. The summed E-state index contributed by atoms with van der Waals surface area (Å²) in [5.41, 5.74) is 14.3. The van der Waals surface area contributed by atoms with Crippen LogP contribution in [0.15, 0.2) is 35.9 Å². The van der Waals surface area contributed by atoms with Crippen molar-refractivity contribution in [3.05, 3.63) is 80.4 Å². The van der Waals surface area contributed by atoms with Gasteiger partial charge in [0.1, 0.15) is 0 Å². The molecule has 1 heteroatoms. The number of rotatable bonds is 7. The van der Waals surface area contributed by atoms with E-state index < -0.39 is 0 Å². The van der Waals surface area contributed by atoms with Gasteiger partial charge in [-0.2, -0.15) is 6.07 Å². The van der Waals surface area contributed by atoms with E-state index in [1.807, 2.05) is 0 Å². The van der Waals surface area contributed by atoms with Gasteiger partial charge in [-0.3, -0.25) is 0 Å². The largest absolute Gasteiger partial charge is 0.164 e. The summed E-state index contributed by atoms with van der Waals surface area (Å²) in [6.45, 7) is 33.4. The maximum absolute atomic E-state index is 2.60. The fourth-order valence-electron chi connectivity index (χ4n) is 7.39. The van der Waals surface area contributed by atoms with Crippen LogP contribution in [-0.4, -0.2) is 0 Å². The molecule has 0 radical (unpaired) electrons. The third-order valence-corrected chi connectivity index (χ3v) is 9.45. The van der Waals surface area contributed by atoms with Gasteiger partial charge in [0.15, 0.2) is 0 Å². The molecule has 0 spiro atoms. The first-order valence-electron chi connectivity index (χ1n) is 16.1. The van der Waals surface area contributed by atoms with Crippen molar-refractivity contribution in [3.8, 4) is 0 Å². The van der Waals surface area contributed by atoms with E-state index in [9.17, 15) is 0 Å². The molecule has 41 heavy (non-hydrogen) atoms. The average molecular weight is 716 g/mol. The van der Waals surface area contributed by atoms with Crippen LogP contribution in [0, 0.1) is 5.41 Å². The zero-order valence-corrected chi connectivity index (χ0v) is 32.4. The van der Waals surface area contributed by atoms with Gasteiger partial charge in [-0.15, -0.1) is 33.5 Å². The fraction of sp³-hybridized carbons (Fsp3) is 0.575. The van der Waals surface area contributed by atoms with E-state index in [1.165, 1.54) is 34.1 Å². The molecule has 0 amide bonds. The Kier molecular flexibility index (Phi) is 10.3. The van der Waals surface area contributed by atoms with Crippen LogP contribution in [0.5, 0.6) is 0 Å². The van der Waals surface area contributed by atoms with Crippen LogP contribution in [0.25, 0.3) is 16.8 Å². The van der Waals surface area contributed by atoms with Gasteiger partial charge in [0.05, 0.1) is 0 Å². The molecule has 3 aromatic rings. The fourth-order valence-corrected chi connectivity index (χ4v) is 7.39. The topological polar surface area (TPSA) is 0 Å². The van der Waals surface area contributed by atoms with E-state index in [1.54, 1.807) is 33.2 Å². The minimum atomic E-state index is 0. The zero-order valence-electron chi connectivity index (χ0n) is 28.8. The standard InChI is InChI=1S/C40H57.Hf/c1-23(2)27-15-17-29(25(5)6)37-31(35(21-33(27)37)39(9,10)11)19-20-32-36(40(12,13)14)22-34-28(24(3)4)16-18-30(26(7)8)38(32)34;/h15-18,21-26,31H,19-20H2,1-14H3;/q-1;. The Labute approximate surface area is 271 Å². The monoisotopic (exact) mass is 717 g/mol. The second kappa shape index (κ2) is 12.3. The van der Waals surface area contributed by atoms with Crippen molar-refractivity contribution in [1.82, 2.24) is 0 Å². The van der Waals surface area contributed by atoms with Crippen molar-refractivity contribution in [3.63, 3.8) is 0 Å². The van der Waals surface area contributed by atoms with Crippen molar-refractivity contribution >= 4 is 16.8 Å². The first kappa shape index (κ1) is 34.2. The van der Waals surface area contributed by atoms with E-state index in [0.29, 0.717) is 29.6 Å². The first-order chi connectivity index (χ1) is 18.4. The van der Waals surface area contributed by atoms with Crippen LogP contribution >= 0.6 is 0 Å². The molecule has 0 saturated heterocycles. The maximum atomic E-state index is 2.60. The Morgan fingerprint density at radius 3 is 1.63 bits per heavy atom. The van der Waals surface area contributed by atoms with Gasteiger partial charge >= 0.3 is 0 Å². The van der Waals surface area contributed by atoms with E-state index in [4.69, 9.17) is 0 Å². The molecule has 0 bridgehead atoms. The Morgan fingerprint density at radius 2 is 1.15 bits per heavy atom. The number of hydrogen-bond acceptors (Lipinski definition) is 0. The summed E-state index contributed by atoms with van der Waals surface area (Å²) in [5, 5.41) is 3.06. The molecule has 222 valence electrons. The normalized spacial score (nSPS) is 15.9. The predicted molar refractivity (Wildman–Crippen MR) is 180 cm³/mol. The molecule has 0 nitrogen and oxygen atoms in total. The second-order valence-electron chi connectivity index (χ2n) is 16.0. The van der Waals surface area contributed by atoms with E-state index >= 15 is 0 Å². The van der Waals surface area contributed by atoms with Gasteiger partial charge in [-0.25, -0.2) is 0 Å². The van der Waals surface area contributed by atoms with E-state index in [2.05, 4.69) is 133 Å². The van der Waals surface area contributed by atoms with Crippen molar-refractivity contribution in [2.24, 2.45) is 5.41 Å². The molecule has 0 aliphatic heterocycles. The molecule has 0 N–H and O–H groups in total. The Morgan fingerprint density at radius 1 is 0.659 bits per heavy atom. The quantitative estimate of drug-likeness (QED) is 0.169. The minimum Gasteiger partial charge on any atom is -0.164 e. The summed E-state index contributed by atoms with van der Waals surface area (Å²) in [5.74, 6) is 2.56. The third-order valence-electron chi connectivity index (χ3n) is 9.45. The number of allylic oxidation sites excluding steroid dienone is 1. The van der Waals surface area contributed by atoms with E-state index in [-0.39, 0.29) is 36.7 Å². The predicted octanol–water partition coefficient (Wildman–Crippen LogP) is 12.5. The molecule has 1 unspecified atom stereocenters. The summed E-state index contributed by atoms with van der Waals surface area (Å²) in [6, 6.07) is 12.3. The van der Waals surface area contributed by atoms with Crippen LogP contribution in [0.4, 0.5) is 0 Å². The van der Waals surface area contributed by atoms with Crippen LogP contribution in [0.2, 0.25) is 0 Å². The Hall–Kier alpha value is -1.34. The van der Waals surface area contributed by atoms with Gasteiger partial charge in [0, 0.05) is 31.8 Å². The molecule has 0 saturated carbocycles. The SMILES string of the molecule is CC(C)c1ccc(C(C)C)c2c1C=C(C(C)(C)C)C2CC[c-]1c(C(C)(C)C)cc2c(C(C)C)ccc(C(C)C)c21.[Hf]. The number of hydrogen-bond donors (Lipinski definition) is 0. The molecular weight excluding hydrogens is 659 g/mol. The average Bonchev–Trinajstić information content (AvgIpc) is 3.40. The smallest absolute Gasteiger partial charge is 0.00613 e. The van der Waals surface area contributed by atoms with Gasteiger partial charge in [0.2, 0.25) is 0 Å². The van der Waals surface area contributed by atoms with Crippen LogP contribution in [-0.2, 0) is 37.7 Å². The van der Waals surface area contributed by atoms with Crippen LogP contribution < -0.4 is 0 Å². The number of aryl methyl sites for hydroxylation is 1. The van der Waals surface area contributed by atoms with Crippen LogP contribution in [0.1, 0.15) is 177 Å². The number of fused-ring (bicyclic) bond motifs is 2. The molecule has 1 aliphatic rings. The van der Waals surface area contributed by atoms with Gasteiger partial charge in [-0.05, 0) is 57.3 Å². The van der Waals surface area contributed by atoms with E-state index in [0.717, 1.165) is 6.42 Å². The van der Waals surface area contributed by atoms with Gasteiger partial charge in [0.25, 0.3) is 0 Å². The molecule has 1 atom stereocenters. The van der Waals surface area contributed by atoms with Gasteiger partial charge in [-0.1, -0.05) is 145 Å². The first-order valence-corrected chi connectivity index (χ1v) is 16.1. The molecule has 3 aromatic carbocycles. The summed E-state index contributed by atoms with van der Waals surface area (Å²) in [6.07, 6.45) is 4.90. The summed E-state index contributed by atoms with van der Waals surface area (Å²) < 4.78 is 0. The zero-order chi connectivity index (χ0) is 29.9. The molecule has 0 fully saturated rings. The summed E-state index contributed by atoms with van der Waals surface area (Å²) >= 11 is 0. The van der Waals surface area contributed by atoms with Crippen molar-refractivity contribution < 1.29 is 25.8 Å². The summed E-state index contributed by atoms with van der Waals surface area (Å²) in [4.78, 5) is 0. The van der Waals surface area contributed by atoms with Crippen molar-refractivity contribution in [1.29, 1.82) is 0 Å². The molecule has 1 aliphatic carbocycles. The molecular formula is C40H57Hf-. The van der Waals surface area contributed by atoms with Crippen LogP contribution in [0.3, 0.4) is 0 Å². The second-order valence-corrected chi connectivity index (χ2v) is 16.0. The Bertz CT molecular complexity index is 1410. The molecule has 0 aromatic heterocycles. The van der Waals surface area contributed by atoms with Crippen molar-refractivity contribution in [2.45, 2.75) is 145 Å². The maximum Gasteiger partial charge on any atom is 0.00613 e. The third kappa shape index (κ3) is 6.46. The number of benzene rings is 2. The molecule has 4 rings (SSSR count). The van der Waals surface area contributed by atoms with Gasteiger partial charge < -0.3 is 0 Å². The Balaban J connectivity index is 0.00000462. The van der Waals surface area contributed by atoms with Crippen molar-refractivity contribution in [2.75, 3.05) is 0 Å².